The molecule has 2 heterocycles. The number of hydrazine groups is 2. The summed E-state index contributed by atoms with van der Waals surface area (Å²) >= 11 is 6.13. The van der Waals surface area contributed by atoms with E-state index < -0.39 is 0 Å². The fourth-order valence-corrected chi connectivity index (χ4v) is 3.17. The number of benzene rings is 1. The van der Waals surface area contributed by atoms with Gasteiger partial charge in [-0.1, -0.05) is 31.5 Å². The Morgan fingerprint density at radius 2 is 2.17 bits per heavy atom. The molecule has 0 saturated carbocycles. The largest absolute Gasteiger partial charge is 0.493 e. The summed E-state index contributed by atoms with van der Waals surface area (Å²) in [6.45, 7) is 8.88. The Hall–Kier alpha value is -1.76. The average molecular weight is 352 g/mol. The summed E-state index contributed by atoms with van der Waals surface area (Å²) in [7, 11) is 0. The van der Waals surface area contributed by atoms with Crippen molar-refractivity contribution in [3.8, 4) is 5.75 Å². The number of amides is 1. The molecule has 3 rings (SSSR count). The normalized spacial score (nSPS) is 26.1. The summed E-state index contributed by atoms with van der Waals surface area (Å²) in [6.07, 6.45) is 1.46. The lowest BCUT2D eigenvalue weighted by atomic mass is 9.91. The zero-order valence-corrected chi connectivity index (χ0v) is 14.5. The predicted octanol–water partition coefficient (Wildman–Crippen LogP) is 3.06. The van der Waals surface area contributed by atoms with Gasteiger partial charge in [-0.05, 0) is 24.1 Å². The molecule has 130 valence electrons. The number of fused-ring (bicyclic) bond motifs is 1. The highest BCUT2D eigenvalue weighted by Crippen LogP contribution is 2.37. The third-order valence-electron chi connectivity index (χ3n) is 4.49. The molecule has 2 aliphatic heterocycles. The third kappa shape index (κ3) is 3.22. The Morgan fingerprint density at radius 3 is 2.88 bits per heavy atom. The van der Waals surface area contributed by atoms with Gasteiger partial charge in [0.15, 0.2) is 0 Å². The van der Waals surface area contributed by atoms with Crippen LogP contribution >= 0.6 is 11.6 Å². The highest BCUT2D eigenvalue weighted by molar-refractivity contribution is 6.30. The number of rotatable bonds is 5. The quantitative estimate of drug-likeness (QED) is 0.630. The Bertz CT molecular complexity index is 638. The molecule has 3 atom stereocenters. The van der Waals surface area contributed by atoms with Crippen LogP contribution in [0.5, 0.6) is 5.75 Å². The number of carbonyl (C=O) groups excluding carboxylic acids is 1. The van der Waals surface area contributed by atoms with Crippen LogP contribution in [0.4, 0.5) is 4.79 Å². The first-order chi connectivity index (χ1) is 11.5. The fraction of sp³-hybridized carbons (Fsp3) is 0.471. The first-order valence-electron chi connectivity index (χ1n) is 8.03. The van der Waals surface area contributed by atoms with Crippen molar-refractivity contribution >= 4 is 17.7 Å². The van der Waals surface area contributed by atoms with Crippen molar-refractivity contribution in [1.82, 2.24) is 16.0 Å². The lowest BCUT2D eigenvalue weighted by molar-refractivity contribution is 0.0986. The standard InChI is InChI=1S/C17H22ClN3O3/c1-4-11-8-23-15-6-5-12(18)7-13(15)16(11)19-20-21-14(10(2)3)9-24-17(21)22/h4-7,10-11,14,16,19-20H,1,8-9H2,2-3H3/t11-,14+,16-/m0/s1. The van der Waals surface area contributed by atoms with E-state index in [1.807, 2.05) is 18.2 Å². The minimum Gasteiger partial charge on any atom is -0.493 e. The highest BCUT2D eigenvalue weighted by atomic mass is 35.5. The van der Waals surface area contributed by atoms with Gasteiger partial charge in [-0.25, -0.2) is 15.2 Å². The number of nitrogens with zero attached hydrogens (tertiary/aromatic N) is 1. The predicted molar refractivity (Wildman–Crippen MR) is 91.5 cm³/mol. The first-order valence-corrected chi connectivity index (χ1v) is 8.41. The number of ether oxygens (including phenoxy) is 2. The Kier molecular flexibility index (Phi) is 4.99. The van der Waals surface area contributed by atoms with Gasteiger partial charge in [0, 0.05) is 16.5 Å². The lowest BCUT2D eigenvalue weighted by Crippen LogP contribution is -2.55. The Balaban J connectivity index is 1.79. The van der Waals surface area contributed by atoms with Crippen molar-refractivity contribution in [2.75, 3.05) is 13.2 Å². The first kappa shape index (κ1) is 17.1. The molecule has 0 unspecified atom stereocenters. The Morgan fingerprint density at radius 1 is 1.38 bits per heavy atom. The zero-order valence-electron chi connectivity index (χ0n) is 13.8. The van der Waals surface area contributed by atoms with Crippen LogP contribution in [0.15, 0.2) is 30.9 Å². The summed E-state index contributed by atoms with van der Waals surface area (Å²) in [6, 6.07) is 5.38. The molecule has 24 heavy (non-hydrogen) atoms. The van der Waals surface area contributed by atoms with Gasteiger partial charge in [0.25, 0.3) is 0 Å². The van der Waals surface area contributed by atoms with Gasteiger partial charge in [-0.2, -0.15) is 5.53 Å². The number of halogens is 1. The van der Waals surface area contributed by atoms with Crippen LogP contribution < -0.4 is 15.7 Å². The number of hydrogen-bond acceptors (Lipinski definition) is 5. The molecule has 0 aromatic heterocycles. The van der Waals surface area contributed by atoms with Gasteiger partial charge in [-0.3, -0.25) is 0 Å². The van der Waals surface area contributed by atoms with E-state index in [0.717, 1.165) is 11.3 Å². The molecule has 1 fully saturated rings. The number of hydrogen-bond donors (Lipinski definition) is 2. The Labute approximate surface area is 146 Å². The minimum absolute atomic E-state index is 0.0224. The van der Waals surface area contributed by atoms with Crippen molar-refractivity contribution in [3.63, 3.8) is 0 Å². The molecule has 1 amide bonds. The van der Waals surface area contributed by atoms with Crippen molar-refractivity contribution in [2.45, 2.75) is 25.9 Å². The molecular weight excluding hydrogens is 330 g/mol. The number of nitrogens with one attached hydrogen (secondary N) is 2. The topological polar surface area (TPSA) is 62.8 Å². The van der Waals surface area contributed by atoms with Crippen LogP contribution in [-0.2, 0) is 4.74 Å². The van der Waals surface area contributed by atoms with Gasteiger partial charge in [0.1, 0.15) is 12.4 Å². The van der Waals surface area contributed by atoms with Gasteiger partial charge in [-0.15, -0.1) is 6.58 Å². The van der Waals surface area contributed by atoms with Crippen molar-refractivity contribution in [1.29, 1.82) is 0 Å². The molecule has 0 radical (unpaired) electrons. The van der Waals surface area contributed by atoms with Crippen LogP contribution in [0.25, 0.3) is 0 Å². The van der Waals surface area contributed by atoms with E-state index in [1.54, 1.807) is 6.07 Å². The summed E-state index contributed by atoms with van der Waals surface area (Å²) in [5.74, 6) is 1.10. The molecule has 0 aliphatic carbocycles. The molecule has 1 aromatic rings. The summed E-state index contributed by atoms with van der Waals surface area (Å²) < 4.78 is 10.9. The second-order valence-corrected chi connectivity index (χ2v) is 6.82. The minimum atomic E-state index is -0.380. The average Bonchev–Trinajstić information content (AvgIpc) is 2.93. The second-order valence-electron chi connectivity index (χ2n) is 6.38. The van der Waals surface area contributed by atoms with Gasteiger partial charge < -0.3 is 9.47 Å². The summed E-state index contributed by atoms with van der Waals surface area (Å²) in [5.41, 5.74) is 7.18. The van der Waals surface area contributed by atoms with E-state index in [2.05, 4.69) is 31.4 Å². The molecule has 2 N–H and O–H groups in total. The van der Waals surface area contributed by atoms with Gasteiger partial charge in [0.05, 0.1) is 18.7 Å². The van der Waals surface area contributed by atoms with Crippen LogP contribution in [0.2, 0.25) is 5.02 Å². The van der Waals surface area contributed by atoms with Gasteiger partial charge in [0.2, 0.25) is 0 Å². The van der Waals surface area contributed by atoms with E-state index in [9.17, 15) is 4.79 Å². The van der Waals surface area contributed by atoms with Crippen LogP contribution in [0, 0.1) is 11.8 Å². The van der Waals surface area contributed by atoms with Crippen molar-refractivity contribution < 1.29 is 14.3 Å². The van der Waals surface area contributed by atoms with E-state index in [1.165, 1.54) is 5.01 Å². The third-order valence-corrected chi connectivity index (χ3v) is 4.72. The maximum Gasteiger partial charge on any atom is 0.425 e. The molecule has 1 saturated heterocycles. The highest BCUT2D eigenvalue weighted by Gasteiger charge is 2.37. The molecular formula is C17H22ClN3O3. The van der Waals surface area contributed by atoms with Gasteiger partial charge >= 0.3 is 6.09 Å². The smallest absolute Gasteiger partial charge is 0.425 e. The SMILES string of the molecule is C=C[C@H]1COc2ccc(Cl)cc2[C@H]1NNN1C(=O)OC[C@@H]1C(C)C. The van der Waals surface area contributed by atoms with Crippen LogP contribution in [-0.4, -0.2) is 30.4 Å². The second kappa shape index (κ2) is 7.01. The maximum absolute atomic E-state index is 11.9. The number of cyclic esters (lactones) is 1. The molecule has 6 nitrogen and oxygen atoms in total. The molecule has 2 aliphatic rings. The molecule has 0 spiro atoms. The number of carbonyl (C=O) groups is 1. The monoisotopic (exact) mass is 351 g/mol. The van der Waals surface area contributed by atoms with Crippen molar-refractivity contribution in [2.24, 2.45) is 11.8 Å². The lowest BCUT2D eigenvalue weighted by Gasteiger charge is -2.35. The molecule has 0 bridgehead atoms. The van der Waals surface area contributed by atoms with Crippen LogP contribution in [0.3, 0.4) is 0 Å². The summed E-state index contributed by atoms with van der Waals surface area (Å²) in [4.78, 5) is 11.9. The molecule has 7 heteroatoms. The summed E-state index contributed by atoms with van der Waals surface area (Å²) in [5, 5.41) is 2.14. The van der Waals surface area contributed by atoms with E-state index in [0.29, 0.717) is 18.2 Å². The van der Waals surface area contributed by atoms with Crippen LogP contribution in [0.1, 0.15) is 25.5 Å². The zero-order chi connectivity index (χ0) is 17.3. The van der Waals surface area contributed by atoms with E-state index >= 15 is 0 Å². The van der Waals surface area contributed by atoms with Crippen molar-refractivity contribution in [3.05, 3.63) is 41.4 Å². The molecule has 1 aromatic carbocycles. The van der Waals surface area contributed by atoms with E-state index in [-0.39, 0.29) is 30.0 Å². The van der Waals surface area contributed by atoms with E-state index in [4.69, 9.17) is 21.1 Å². The fourth-order valence-electron chi connectivity index (χ4n) is 2.99. The maximum atomic E-state index is 11.9.